The summed E-state index contributed by atoms with van der Waals surface area (Å²) < 4.78 is 87.0. The molecule has 20 heavy (non-hydrogen) atoms. The number of alkyl halides is 3. The second-order valence-electron chi connectivity index (χ2n) is 4.62. The monoisotopic (exact) mass is 339 g/mol. The van der Waals surface area contributed by atoms with Crippen molar-refractivity contribution < 1.29 is 34.2 Å². The lowest BCUT2D eigenvalue weighted by molar-refractivity contribution is -0.0588. The minimum absolute atomic E-state index is 0.0826. The Kier molecular flexibility index (Phi) is 5.44. The van der Waals surface area contributed by atoms with Gasteiger partial charge in [0.25, 0.3) is 0 Å². The fourth-order valence-electron chi connectivity index (χ4n) is 2.02. The number of sulfonamides is 1. The van der Waals surface area contributed by atoms with Gasteiger partial charge in [0.15, 0.2) is 0 Å². The Morgan fingerprint density at radius 1 is 1.10 bits per heavy atom. The Labute approximate surface area is 115 Å². The molecule has 1 N–H and O–H groups in total. The van der Waals surface area contributed by atoms with E-state index in [1.165, 1.54) is 7.05 Å². The minimum atomic E-state index is -5.59. The molecule has 11 heteroatoms. The van der Waals surface area contributed by atoms with Crippen LogP contribution in [0.2, 0.25) is 0 Å². The average Bonchev–Trinajstić information content (AvgIpc) is 2.29. The molecule has 0 atom stereocenters. The van der Waals surface area contributed by atoms with E-state index in [1.54, 1.807) is 0 Å². The van der Waals surface area contributed by atoms with Gasteiger partial charge in [-0.05, 0) is 38.6 Å². The Morgan fingerprint density at radius 3 is 2.00 bits per heavy atom. The lowest BCUT2D eigenvalue weighted by Gasteiger charge is -2.27. The van der Waals surface area contributed by atoms with Gasteiger partial charge in [-0.1, -0.05) is 0 Å². The van der Waals surface area contributed by atoms with E-state index in [2.05, 4.69) is 8.91 Å². The summed E-state index contributed by atoms with van der Waals surface area (Å²) in [5.74, 6) is -0.330. The van der Waals surface area contributed by atoms with Gasteiger partial charge in [0.2, 0.25) is 10.0 Å². The molecule has 0 bridgehead atoms. The highest BCUT2D eigenvalue weighted by atomic mass is 32.2. The van der Waals surface area contributed by atoms with Crippen LogP contribution in [0.3, 0.4) is 0 Å². The van der Waals surface area contributed by atoms with Crippen LogP contribution in [0, 0.1) is 5.92 Å². The van der Waals surface area contributed by atoms with Gasteiger partial charge in [-0.2, -0.15) is 21.6 Å². The van der Waals surface area contributed by atoms with Crippen LogP contribution >= 0.6 is 0 Å². The van der Waals surface area contributed by atoms with Crippen molar-refractivity contribution in [1.82, 2.24) is 4.72 Å². The maximum atomic E-state index is 12.1. The minimum Gasteiger partial charge on any atom is -0.260 e. The maximum Gasteiger partial charge on any atom is 0.523 e. The summed E-state index contributed by atoms with van der Waals surface area (Å²) in [6, 6.07) is 0. The molecule has 0 aliphatic heterocycles. The van der Waals surface area contributed by atoms with Gasteiger partial charge >= 0.3 is 15.6 Å². The van der Waals surface area contributed by atoms with Gasteiger partial charge in [0.1, 0.15) is 0 Å². The molecule has 0 saturated heterocycles. The molecule has 0 aromatic rings. The lowest BCUT2D eigenvalue weighted by Crippen LogP contribution is -2.34. The van der Waals surface area contributed by atoms with Crippen LogP contribution in [0.25, 0.3) is 0 Å². The van der Waals surface area contributed by atoms with E-state index >= 15 is 0 Å². The fraction of sp³-hybridized carbons (Fsp3) is 1.00. The first-order valence-electron chi connectivity index (χ1n) is 5.87. The summed E-state index contributed by atoms with van der Waals surface area (Å²) >= 11 is 0. The summed E-state index contributed by atoms with van der Waals surface area (Å²) in [6.07, 6.45) is -0.272. The Bertz CT molecular complexity index is 520. The van der Waals surface area contributed by atoms with E-state index in [1.807, 2.05) is 0 Å². The Hall–Kier alpha value is -0.390. The van der Waals surface area contributed by atoms with Crippen molar-refractivity contribution in [3.63, 3.8) is 0 Å². The highest BCUT2D eigenvalue weighted by molar-refractivity contribution is 7.89. The molecular weight excluding hydrogens is 323 g/mol. The predicted octanol–water partition coefficient (Wildman–Crippen LogP) is 0.961. The van der Waals surface area contributed by atoms with Gasteiger partial charge in [-0.15, -0.1) is 0 Å². The van der Waals surface area contributed by atoms with Crippen molar-refractivity contribution in [3.05, 3.63) is 0 Å². The third kappa shape index (κ3) is 4.86. The molecule has 6 nitrogen and oxygen atoms in total. The van der Waals surface area contributed by atoms with E-state index in [0.717, 1.165) is 0 Å². The summed E-state index contributed by atoms with van der Waals surface area (Å²) in [7, 11) is -7.69. The summed E-state index contributed by atoms with van der Waals surface area (Å²) in [4.78, 5) is 0. The molecular formula is C9H16F3NO5S2. The van der Waals surface area contributed by atoms with Crippen molar-refractivity contribution in [2.24, 2.45) is 5.92 Å². The van der Waals surface area contributed by atoms with Gasteiger partial charge in [-0.3, -0.25) is 4.18 Å². The molecule has 120 valence electrons. The highest BCUT2D eigenvalue weighted by Crippen LogP contribution is 2.32. The molecule has 0 heterocycles. The van der Waals surface area contributed by atoms with Crippen molar-refractivity contribution in [2.75, 3.05) is 12.8 Å². The summed E-state index contributed by atoms with van der Waals surface area (Å²) in [5.41, 5.74) is -5.43. The molecule has 1 aliphatic carbocycles. The van der Waals surface area contributed by atoms with Gasteiger partial charge in [0.05, 0.1) is 11.9 Å². The van der Waals surface area contributed by atoms with Crippen molar-refractivity contribution >= 4 is 20.1 Å². The third-order valence-electron chi connectivity index (χ3n) is 3.11. The molecule has 1 aliphatic rings. The molecule has 0 aromatic heterocycles. The molecule has 0 spiro atoms. The lowest BCUT2D eigenvalue weighted by atomic mass is 9.89. The first kappa shape index (κ1) is 17.7. The molecule has 1 rings (SSSR count). The molecule has 1 saturated carbocycles. The van der Waals surface area contributed by atoms with Gasteiger partial charge < -0.3 is 0 Å². The average molecular weight is 339 g/mol. The number of hydrogen-bond donors (Lipinski definition) is 1. The zero-order valence-corrected chi connectivity index (χ0v) is 12.3. The quantitative estimate of drug-likeness (QED) is 0.595. The van der Waals surface area contributed by atoms with Crippen LogP contribution in [0.1, 0.15) is 25.7 Å². The zero-order chi connectivity index (χ0) is 15.6. The molecule has 0 unspecified atom stereocenters. The normalized spacial score (nSPS) is 25.6. The van der Waals surface area contributed by atoms with Crippen LogP contribution in [0.4, 0.5) is 13.2 Å². The van der Waals surface area contributed by atoms with Crippen molar-refractivity contribution in [3.8, 4) is 0 Å². The highest BCUT2D eigenvalue weighted by Gasteiger charge is 2.48. The number of nitrogens with one attached hydrogen (secondary N) is 1. The second kappa shape index (κ2) is 6.16. The predicted molar refractivity (Wildman–Crippen MR) is 64.7 cm³/mol. The topological polar surface area (TPSA) is 89.5 Å². The number of rotatable bonds is 5. The number of hydrogen-bond acceptors (Lipinski definition) is 5. The smallest absolute Gasteiger partial charge is 0.260 e. The van der Waals surface area contributed by atoms with Crippen LogP contribution in [0.5, 0.6) is 0 Å². The van der Waals surface area contributed by atoms with Crippen LogP contribution < -0.4 is 4.72 Å². The molecule has 0 amide bonds. The largest absolute Gasteiger partial charge is 0.523 e. The third-order valence-corrected chi connectivity index (χ3v) is 5.73. The molecule has 1 fully saturated rings. The van der Waals surface area contributed by atoms with E-state index in [4.69, 9.17) is 0 Å². The van der Waals surface area contributed by atoms with E-state index in [-0.39, 0.29) is 24.5 Å². The van der Waals surface area contributed by atoms with Gasteiger partial charge in [0, 0.05) is 0 Å². The Balaban J connectivity index is 2.52. The standard InChI is InChI=1S/C9H16F3NO5S2/c1-13-19(14,15)6-7-2-4-8(5-3-7)18-20(16,17)9(10,11)12/h7-8,13H,2-6H2,1H3/t7-,8+. The molecule has 0 aromatic carbocycles. The van der Waals surface area contributed by atoms with Crippen LogP contribution in [-0.2, 0) is 24.3 Å². The zero-order valence-electron chi connectivity index (χ0n) is 10.7. The van der Waals surface area contributed by atoms with E-state index in [9.17, 15) is 30.0 Å². The number of halogens is 3. The van der Waals surface area contributed by atoms with Crippen molar-refractivity contribution in [1.29, 1.82) is 0 Å². The van der Waals surface area contributed by atoms with Crippen LogP contribution in [-0.4, -0.2) is 41.2 Å². The SMILES string of the molecule is CNS(=O)(=O)C[C@H]1CC[C@@H](OS(=O)(=O)C(F)(F)F)CC1. The first-order chi connectivity index (χ1) is 8.97. The van der Waals surface area contributed by atoms with E-state index < -0.39 is 31.8 Å². The van der Waals surface area contributed by atoms with Crippen molar-refractivity contribution in [2.45, 2.75) is 37.3 Å². The summed E-state index contributed by atoms with van der Waals surface area (Å²) in [5, 5.41) is 0. The Morgan fingerprint density at radius 2 is 1.60 bits per heavy atom. The second-order valence-corrected chi connectivity index (χ2v) is 8.16. The maximum absolute atomic E-state index is 12.1. The molecule has 0 radical (unpaired) electrons. The first-order valence-corrected chi connectivity index (χ1v) is 8.93. The van der Waals surface area contributed by atoms with Crippen LogP contribution in [0.15, 0.2) is 0 Å². The van der Waals surface area contributed by atoms with Gasteiger partial charge in [-0.25, -0.2) is 13.1 Å². The fourth-order valence-corrected chi connectivity index (χ4v) is 3.80. The summed E-state index contributed by atoms with van der Waals surface area (Å²) in [6.45, 7) is 0. The van der Waals surface area contributed by atoms with E-state index in [0.29, 0.717) is 12.8 Å².